The van der Waals surface area contributed by atoms with Gasteiger partial charge in [0.05, 0.1) is 6.61 Å². The summed E-state index contributed by atoms with van der Waals surface area (Å²) in [6.07, 6.45) is 1.07. The number of halogens is 2. The van der Waals surface area contributed by atoms with Gasteiger partial charge in [-0.25, -0.2) is 0 Å². The molecule has 0 heterocycles. The topological polar surface area (TPSA) is 35.2 Å². The molecule has 2 N–H and O–H groups in total. The molecule has 0 amide bonds. The monoisotopic (exact) mass is 261 g/mol. The zero-order valence-electron chi connectivity index (χ0n) is 5.31. The Bertz CT molecular complexity index is 39.9. The van der Waals surface area contributed by atoms with E-state index < -0.39 is 0 Å². The number of alkyl halides is 1. The van der Waals surface area contributed by atoms with E-state index in [9.17, 15) is 0 Å². The number of hydrogen-bond acceptors (Lipinski definition) is 2. The Balaban J connectivity index is 0. The minimum atomic E-state index is 0. The highest BCUT2D eigenvalue weighted by molar-refractivity contribution is 9.09. The molecule has 9 heavy (non-hydrogen) atoms. The lowest BCUT2D eigenvalue weighted by molar-refractivity contribution is 0.143. The maximum atomic E-state index is 5.17. The van der Waals surface area contributed by atoms with E-state index >= 15 is 0 Å². The van der Waals surface area contributed by atoms with Crippen molar-refractivity contribution in [3.05, 3.63) is 0 Å². The molecule has 58 valence electrons. The highest BCUT2D eigenvalue weighted by Crippen LogP contribution is 1.86. The van der Waals surface area contributed by atoms with E-state index in [-0.39, 0.29) is 17.0 Å². The molecule has 0 rings (SSSR count). The van der Waals surface area contributed by atoms with Crippen LogP contribution in [0.1, 0.15) is 6.42 Å². The predicted octanol–water partition coefficient (Wildman–Crippen LogP) is 1.32. The van der Waals surface area contributed by atoms with Crippen LogP contribution in [-0.2, 0) is 4.74 Å². The smallest absolute Gasteiger partial charge is 0.0588 e. The van der Waals surface area contributed by atoms with Gasteiger partial charge in [-0.1, -0.05) is 15.9 Å². The molecule has 4 heteroatoms. The van der Waals surface area contributed by atoms with Crippen molar-refractivity contribution in [2.75, 3.05) is 25.1 Å². The summed E-state index contributed by atoms with van der Waals surface area (Å²) in [5.74, 6) is 0. The molecule has 0 bridgehead atoms. The quantitative estimate of drug-likeness (QED) is 0.599. The molecule has 0 aliphatic heterocycles. The third-order valence-electron chi connectivity index (χ3n) is 0.684. The van der Waals surface area contributed by atoms with Gasteiger partial charge in [0, 0.05) is 18.5 Å². The summed E-state index contributed by atoms with van der Waals surface area (Å²) in [4.78, 5) is 0. The minimum absolute atomic E-state index is 0. The Kier molecular flexibility index (Phi) is 16.2. The van der Waals surface area contributed by atoms with Gasteiger partial charge in [-0.3, -0.25) is 0 Å². The van der Waals surface area contributed by atoms with E-state index in [2.05, 4.69) is 15.9 Å². The van der Waals surface area contributed by atoms with Crippen molar-refractivity contribution in [3.8, 4) is 0 Å². The molecule has 2 nitrogen and oxygen atoms in total. The summed E-state index contributed by atoms with van der Waals surface area (Å²) >= 11 is 3.29. The Labute approximate surface area is 75.0 Å². The fraction of sp³-hybridized carbons (Fsp3) is 1.00. The van der Waals surface area contributed by atoms with Gasteiger partial charge in [0.15, 0.2) is 0 Å². The molecule has 0 aromatic rings. The molecule has 0 radical (unpaired) electrons. The Morgan fingerprint density at radius 1 is 1.33 bits per heavy atom. The number of rotatable bonds is 5. The molecule has 0 aromatic heterocycles. The Morgan fingerprint density at radius 2 is 2.00 bits per heavy atom. The molecular weight excluding hydrogens is 250 g/mol. The van der Waals surface area contributed by atoms with E-state index in [1.54, 1.807) is 0 Å². The van der Waals surface area contributed by atoms with Crippen LogP contribution in [0.15, 0.2) is 0 Å². The average Bonchev–Trinajstić information content (AvgIpc) is 1.81. The van der Waals surface area contributed by atoms with E-state index in [4.69, 9.17) is 10.5 Å². The lowest BCUT2D eigenvalue weighted by Gasteiger charge is -1.97. The van der Waals surface area contributed by atoms with Crippen LogP contribution in [0.2, 0.25) is 0 Å². The molecule has 0 aliphatic rings. The first kappa shape index (κ1) is 12.5. The standard InChI is InChI=1S/C5H12BrNO.BrH/c6-2-1-4-8-5-3-7;/h1-5,7H2;1H. The molecule has 0 saturated carbocycles. The first-order valence-electron chi connectivity index (χ1n) is 2.75. The lowest BCUT2D eigenvalue weighted by atomic mass is 10.5. The SMILES string of the molecule is Br.NCCOCCCBr. The second-order valence-electron chi connectivity index (χ2n) is 1.44. The average molecular weight is 263 g/mol. The van der Waals surface area contributed by atoms with E-state index in [0.717, 1.165) is 18.4 Å². The van der Waals surface area contributed by atoms with Crippen LogP contribution in [0.4, 0.5) is 0 Å². The number of nitrogens with two attached hydrogens (primary N) is 1. The summed E-state index contributed by atoms with van der Waals surface area (Å²) in [5, 5.41) is 1.01. The molecule has 0 aliphatic carbocycles. The van der Waals surface area contributed by atoms with Gasteiger partial charge in [-0.2, -0.15) is 0 Å². The van der Waals surface area contributed by atoms with Crippen LogP contribution < -0.4 is 5.73 Å². The van der Waals surface area contributed by atoms with E-state index in [1.165, 1.54) is 0 Å². The van der Waals surface area contributed by atoms with Crippen LogP contribution in [0.3, 0.4) is 0 Å². The van der Waals surface area contributed by atoms with Gasteiger partial charge in [-0.15, -0.1) is 17.0 Å². The summed E-state index contributed by atoms with van der Waals surface area (Å²) in [5.41, 5.74) is 5.17. The minimum Gasteiger partial charge on any atom is -0.380 e. The summed E-state index contributed by atoms with van der Waals surface area (Å²) < 4.78 is 5.07. The first-order valence-corrected chi connectivity index (χ1v) is 3.87. The maximum absolute atomic E-state index is 5.17. The second kappa shape index (κ2) is 11.6. The zero-order chi connectivity index (χ0) is 6.24. The molecule has 0 atom stereocenters. The van der Waals surface area contributed by atoms with E-state index in [0.29, 0.717) is 13.2 Å². The van der Waals surface area contributed by atoms with Gasteiger partial charge in [0.1, 0.15) is 0 Å². The Hall–Kier alpha value is 0.880. The molecule has 0 spiro atoms. The first-order chi connectivity index (χ1) is 3.91. The fourth-order valence-electron chi connectivity index (χ4n) is 0.342. The molecule has 0 aromatic carbocycles. The normalized spacial score (nSPS) is 8.67. The van der Waals surface area contributed by atoms with Crippen molar-refractivity contribution in [1.29, 1.82) is 0 Å². The van der Waals surface area contributed by atoms with Gasteiger partial charge in [0.25, 0.3) is 0 Å². The lowest BCUT2D eigenvalue weighted by Crippen LogP contribution is -2.08. The highest BCUT2D eigenvalue weighted by Gasteiger charge is 1.82. The van der Waals surface area contributed by atoms with E-state index in [1.807, 2.05) is 0 Å². The zero-order valence-corrected chi connectivity index (χ0v) is 8.61. The van der Waals surface area contributed by atoms with Gasteiger partial charge >= 0.3 is 0 Å². The van der Waals surface area contributed by atoms with Crippen molar-refractivity contribution in [1.82, 2.24) is 0 Å². The summed E-state index contributed by atoms with van der Waals surface area (Å²) in [7, 11) is 0. The highest BCUT2D eigenvalue weighted by atomic mass is 79.9. The fourth-order valence-corrected chi connectivity index (χ4v) is 0.571. The second-order valence-corrected chi connectivity index (χ2v) is 2.24. The largest absolute Gasteiger partial charge is 0.380 e. The summed E-state index contributed by atoms with van der Waals surface area (Å²) in [6, 6.07) is 0. The number of hydrogen-bond donors (Lipinski definition) is 1. The molecule has 0 unspecified atom stereocenters. The molecule has 0 fully saturated rings. The predicted molar refractivity (Wildman–Crippen MR) is 48.6 cm³/mol. The Morgan fingerprint density at radius 3 is 2.44 bits per heavy atom. The van der Waals surface area contributed by atoms with Gasteiger partial charge < -0.3 is 10.5 Å². The van der Waals surface area contributed by atoms with Crippen molar-refractivity contribution < 1.29 is 4.74 Å². The van der Waals surface area contributed by atoms with Gasteiger partial charge in [-0.05, 0) is 6.42 Å². The van der Waals surface area contributed by atoms with Crippen LogP contribution >= 0.6 is 32.9 Å². The third kappa shape index (κ3) is 12.2. The van der Waals surface area contributed by atoms with Crippen LogP contribution in [-0.4, -0.2) is 25.1 Å². The van der Waals surface area contributed by atoms with Crippen molar-refractivity contribution in [3.63, 3.8) is 0 Å². The summed E-state index contributed by atoms with van der Waals surface area (Å²) in [6.45, 7) is 2.14. The maximum Gasteiger partial charge on any atom is 0.0588 e. The van der Waals surface area contributed by atoms with Crippen molar-refractivity contribution in [2.24, 2.45) is 5.73 Å². The van der Waals surface area contributed by atoms with Crippen LogP contribution in [0, 0.1) is 0 Å². The molecular formula is C5H13Br2NO. The van der Waals surface area contributed by atoms with Crippen molar-refractivity contribution >= 4 is 32.9 Å². The van der Waals surface area contributed by atoms with Crippen molar-refractivity contribution in [2.45, 2.75) is 6.42 Å². The van der Waals surface area contributed by atoms with Crippen LogP contribution in [0.25, 0.3) is 0 Å². The molecule has 0 saturated heterocycles. The van der Waals surface area contributed by atoms with Crippen LogP contribution in [0.5, 0.6) is 0 Å². The third-order valence-corrected chi connectivity index (χ3v) is 1.25. The van der Waals surface area contributed by atoms with Gasteiger partial charge in [0.2, 0.25) is 0 Å². The number of ether oxygens (including phenoxy) is 1.